The Hall–Kier alpha value is -1.96. The van der Waals surface area contributed by atoms with E-state index in [-0.39, 0.29) is 18.2 Å². The van der Waals surface area contributed by atoms with Gasteiger partial charge in [0.1, 0.15) is 10.7 Å². The maximum atomic E-state index is 13.9. The zero-order valence-corrected chi connectivity index (χ0v) is 14.7. The molecule has 0 bridgehead atoms. The lowest BCUT2D eigenvalue weighted by Crippen LogP contribution is -2.28. The lowest BCUT2D eigenvalue weighted by Gasteiger charge is -2.10. The maximum Gasteiger partial charge on any atom is 0.251 e. The van der Waals surface area contributed by atoms with Crippen LogP contribution in [-0.4, -0.2) is 20.4 Å². The van der Waals surface area contributed by atoms with Crippen LogP contribution in [0.2, 0.25) is 5.02 Å². The minimum absolute atomic E-state index is 0.0755. The fourth-order valence-corrected chi connectivity index (χ4v) is 3.76. The Bertz CT molecular complexity index is 897. The number of carbonyl (C=O) groups is 1. The van der Waals surface area contributed by atoms with Gasteiger partial charge in [0.25, 0.3) is 5.91 Å². The quantitative estimate of drug-likeness (QED) is 0.806. The van der Waals surface area contributed by atoms with Gasteiger partial charge in [-0.05, 0) is 48.7 Å². The summed E-state index contributed by atoms with van der Waals surface area (Å²) >= 11 is 5.80. The molecule has 25 heavy (non-hydrogen) atoms. The number of hydrogen-bond donors (Lipinski definition) is 2. The largest absolute Gasteiger partial charge is 0.348 e. The molecule has 0 heterocycles. The van der Waals surface area contributed by atoms with Gasteiger partial charge in [0.2, 0.25) is 10.0 Å². The Morgan fingerprint density at radius 1 is 1.16 bits per heavy atom. The van der Waals surface area contributed by atoms with Crippen LogP contribution < -0.4 is 10.0 Å². The van der Waals surface area contributed by atoms with Gasteiger partial charge in [-0.1, -0.05) is 23.7 Å². The van der Waals surface area contributed by atoms with Crippen LogP contribution in [0, 0.1) is 5.82 Å². The predicted molar refractivity (Wildman–Crippen MR) is 92.4 cm³/mol. The fraction of sp³-hybridized carbons (Fsp3) is 0.235. The van der Waals surface area contributed by atoms with Crippen LogP contribution in [0.15, 0.2) is 47.4 Å². The predicted octanol–water partition coefficient (Wildman–Crippen LogP) is 2.85. The molecule has 0 spiro atoms. The molecule has 1 aliphatic carbocycles. The lowest BCUT2D eigenvalue weighted by atomic mass is 10.2. The van der Waals surface area contributed by atoms with Gasteiger partial charge in [-0.3, -0.25) is 4.79 Å². The van der Waals surface area contributed by atoms with E-state index in [1.54, 1.807) is 24.3 Å². The second kappa shape index (κ2) is 7.11. The summed E-state index contributed by atoms with van der Waals surface area (Å²) in [6, 6.07) is 10.1. The van der Waals surface area contributed by atoms with Gasteiger partial charge < -0.3 is 5.32 Å². The van der Waals surface area contributed by atoms with Gasteiger partial charge in [0.05, 0.1) is 0 Å². The summed E-state index contributed by atoms with van der Waals surface area (Å²) in [4.78, 5) is 11.7. The summed E-state index contributed by atoms with van der Waals surface area (Å²) < 4.78 is 40.7. The van der Waals surface area contributed by atoms with Crippen molar-refractivity contribution in [3.63, 3.8) is 0 Å². The van der Waals surface area contributed by atoms with E-state index in [1.165, 1.54) is 6.07 Å². The molecule has 132 valence electrons. The molecule has 1 aliphatic rings. The Kier molecular flexibility index (Phi) is 5.08. The Balaban J connectivity index is 1.74. The fourth-order valence-electron chi connectivity index (χ4n) is 2.22. The zero-order valence-electron chi connectivity index (χ0n) is 13.1. The molecule has 2 N–H and O–H groups in total. The average Bonchev–Trinajstić information content (AvgIpc) is 3.37. The highest BCUT2D eigenvalue weighted by Crippen LogP contribution is 2.24. The van der Waals surface area contributed by atoms with Crippen molar-refractivity contribution in [3.8, 4) is 0 Å². The van der Waals surface area contributed by atoms with E-state index in [4.69, 9.17) is 11.6 Å². The summed E-state index contributed by atoms with van der Waals surface area (Å²) in [5.74, 6) is -1.37. The molecule has 2 aromatic carbocycles. The van der Waals surface area contributed by atoms with Crippen molar-refractivity contribution in [1.29, 1.82) is 0 Å². The topological polar surface area (TPSA) is 75.3 Å². The van der Waals surface area contributed by atoms with Gasteiger partial charge in [-0.2, -0.15) is 0 Å². The summed E-state index contributed by atoms with van der Waals surface area (Å²) in [7, 11) is -3.98. The molecular formula is C17H16ClFN2O3S. The molecule has 0 aromatic heterocycles. The van der Waals surface area contributed by atoms with E-state index < -0.39 is 26.6 Å². The van der Waals surface area contributed by atoms with Crippen molar-refractivity contribution in [2.75, 3.05) is 0 Å². The van der Waals surface area contributed by atoms with Gasteiger partial charge in [0.15, 0.2) is 0 Å². The third-order valence-corrected chi connectivity index (χ3v) is 5.54. The highest BCUT2D eigenvalue weighted by atomic mass is 35.5. The summed E-state index contributed by atoms with van der Waals surface area (Å²) in [5.41, 5.74) is 0.912. The summed E-state index contributed by atoms with van der Waals surface area (Å²) in [6.07, 6.45) is 1.48. The number of benzene rings is 2. The third-order valence-electron chi connectivity index (χ3n) is 3.75. The van der Waals surface area contributed by atoms with Crippen molar-refractivity contribution in [3.05, 3.63) is 64.4 Å². The molecule has 1 fully saturated rings. The van der Waals surface area contributed by atoms with Gasteiger partial charge in [-0.15, -0.1) is 0 Å². The van der Waals surface area contributed by atoms with Crippen molar-refractivity contribution in [1.82, 2.24) is 10.0 Å². The number of carbonyl (C=O) groups excluding carboxylic acids is 1. The van der Waals surface area contributed by atoms with Gasteiger partial charge in [0, 0.05) is 23.2 Å². The molecule has 0 aliphatic heterocycles. The molecule has 3 rings (SSSR count). The monoisotopic (exact) mass is 382 g/mol. The lowest BCUT2D eigenvalue weighted by molar-refractivity contribution is 0.0950. The average molecular weight is 383 g/mol. The molecule has 8 heteroatoms. The zero-order chi connectivity index (χ0) is 18.0. The number of halogens is 2. The number of amides is 1. The SMILES string of the molecule is O=C(NCc1ccc(Cl)cc1)c1ccc(F)c(S(=O)(=O)NC2CC2)c1. The van der Waals surface area contributed by atoms with Crippen LogP contribution in [0.25, 0.3) is 0 Å². The van der Waals surface area contributed by atoms with E-state index >= 15 is 0 Å². The van der Waals surface area contributed by atoms with Crippen molar-refractivity contribution in [2.45, 2.75) is 30.3 Å². The molecule has 2 aromatic rings. The maximum absolute atomic E-state index is 13.9. The molecule has 0 radical (unpaired) electrons. The highest BCUT2D eigenvalue weighted by molar-refractivity contribution is 7.89. The number of nitrogens with one attached hydrogen (secondary N) is 2. The molecule has 0 unspecified atom stereocenters. The van der Waals surface area contributed by atoms with Crippen molar-refractivity contribution < 1.29 is 17.6 Å². The van der Waals surface area contributed by atoms with E-state index in [9.17, 15) is 17.6 Å². The smallest absolute Gasteiger partial charge is 0.251 e. The second-order valence-corrected chi connectivity index (χ2v) is 7.97. The Morgan fingerprint density at radius 2 is 1.84 bits per heavy atom. The second-order valence-electron chi connectivity index (χ2n) is 5.85. The molecular weight excluding hydrogens is 367 g/mol. The van der Waals surface area contributed by atoms with Gasteiger partial charge in [-0.25, -0.2) is 17.5 Å². The Morgan fingerprint density at radius 3 is 2.48 bits per heavy atom. The first-order valence-electron chi connectivity index (χ1n) is 7.70. The molecule has 1 saturated carbocycles. The van der Waals surface area contributed by atoms with Crippen LogP contribution in [0.3, 0.4) is 0 Å². The first kappa shape index (κ1) is 17.8. The van der Waals surface area contributed by atoms with Crippen LogP contribution in [0.5, 0.6) is 0 Å². The van der Waals surface area contributed by atoms with E-state index in [1.807, 2.05) is 0 Å². The van der Waals surface area contributed by atoms with Crippen molar-refractivity contribution in [2.24, 2.45) is 0 Å². The van der Waals surface area contributed by atoms with Crippen LogP contribution >= 0.6 is 11.6 Å². The third kappa shape index (κ3) is 4.56. The number of rotatable bonds is 6. The number of hydrogen-bond acceptors (Lipinski definition) is 3. The first-order valence-corrected chi connectivity index (χ1v) is 9.56. The van der Waals surface area contributed by atoms with Gasteiger partial charge >= 0.3 is 0 Å². The summed E-state index contributed by atoms with van der Waals surface area (Å²) in [5, 5.41) is 3.26. The minimum Gasteiger partial charge on any atom is -0.348 e. The molecule has 0 saturated heterocycles. The van der Waals surface area contributed by atoms with Crippen molar-refractivity contribution >= 4 is 27.5 Å². The van der Waals surface area contributed by atoms with Crippen LogP contribution in [-0.2, 0) is 16.6 Å². The molecule has 1 amide bonds. The van der Waals surface area contributed by atoms with Crippen LogP contribution in [0.4, 0.5) is 4.39 Å². The molecule has 5 nitrogen and oxygen atoms in total. The number of sulfonamides is 1. The van der Waals surface area contributed by atoms with E-state index in [0.717, 1.165) is 30.5 Å². The summed E-state index contributed by atoms with van der Waals surface area (Å²) in [6.45, 7) is 0.246. The first-order chi connectivity index (χ1) is 11.8. The Labute approximate surface area is 150 Å². The van der Waals surface area contributed by atoms with E-state index in [0.29, 0.717) is 5.02 Å². The molecule has 0 atom stereocenters. The van der Waals surface area contributed by atoms with Crippen LogP contribution in [0.1, 0.15) is 28.8 Å². The highest BCUT2D eigenvalue weighted by Gasteiger charge is 2.30. The minimum atomic E-state index is -3.98. The normalized spacial score (nSPS) is 14.3. The standard InChI is InChI=1S/C17H16ClFN2O3S/c18-13-4-1-11(2-5-13)10-20-17(22)12-3-8-15(19)16(9-12)25(23,24)21-14-6-7-14/h1-5,8-9,14,21H,6-7,10H2,(H,20,22). The van der Waals surface area contributed by atoms with E-state index in [2.05, 4.69) is 10.0 Å².